The van der Waals surface area contributed by atoms with E-state index < -0.39 is 0 Å². The maximum Gasteiger partial charge on any atom is 0.283 e. The molecule has 8 nitrogen and oxygen atoms in total. The molecule has 4 aromatic heterocycles. The highest BCUT2D eigenvalue weighted by molar-refractivity contribution is 5.84. The second-order valence-corrected chi connectivity index (χ2v) is 8.50. The summed E-state index contributed by atoms with van der Waals surface area (Å²) >= 11 is 0. The molecule has 0 aliphatic heterocycles. The van der Waals surface area contributed by atoms with Gasteiger partial charge in [0.05, 0.1) is 11.3 Å². The average Bonchev–Trinajstić information content (AvgIpc) is 3.45. The number of fused-ring (bicyclic) bond motifs is 4. The van der Waals surface area contributed by atoms with E-state index in [1.807, 2.05) is 36.5 Å². The maximum atomic E-state index is 13.3. The number of aromatic nitrogens is 7. The van der Waals surface area contributed by atoms with Gasteiger partial charge in [-0.05, 0) is 43.0 Å². The van der Waals surface area contributed by atoms with Crippen LogP contribution in [0.2, 0.25) is 0 Å². The van der Waals surface area contributed by atoms with Gasteiger partial charge < -0.3 is 4.98 Å². The third kappa shape index (κ3) is 3.18. The number of aryl methyl sites for hydroxylation is 4. The fraction of sp³-hybridized carbons (Fsp3) is 0.192. The van der Waals surface area contributed by atoms with Crippen LogP contribution in [0.5, 0.6) is 0 Å². The fourth-order valence-corrected chi connectivity index (χ4v) is 4.55. The topological polar surface area (TPSA) is 93.8 Å². The number of nitrogens with zero attached hydrogens (tertiary/aromatic N) is 6. The molecule has 0 amide bonds. The largest absolute Gasteiger partial charge is 0.361 e. The fourth-order valence-electron chi connectivity index (χ4n) is 4.55. The monoisotopic (exact) mass is 449 g/mol. The van der Waals surface area contributed by atoms with Gasteiger partial charge in [-0.3, -0.25) is 9.36 Å². The lowest BCUT2D eigenvalue weighted by atomic mass is 10.0. The molecule has 0 saturated carbocycles. The summed E-state index contributed by atoms with van der Waals surface area (Å²) in [4.78, 5) is 21.1. The molecule has 0 spiro atoms. The van der Waals surface area contributed by atoms with Gasteiger partial charge >= 0.3 is 0 Å². The van der Waals surface area contributed by atoms with Crippen molar-refractivity contribution in [3.8, 4) is 11.1 Å². The van der Waals surface area contributed by atoms with E-state index in [4.69, 9.17) is 5.10 Å². The lowest BCUT2D eigenvalue weighted by molar-refractivity contribution is 0.659. The predicted octanol–water partition coefficient (Wildman–Crippen LogP) is 4.10. The second kappa shape index (κ2) is 7.91. The van der Waals surface area contributed by atoms with Crippen LogP contribution in [0.25, 0.3) is 38.8 Å². The third-order valence-corrected chi connectivity index (χ3v) is 6.32. The Labute approximate surface area is 194 Å². The molecule has 4 heterocycles. The van der Waals surface area contributed by atoms with E-state index >= 15 is 0 Å². The summed E-state index contributed by atoms with van der Waals surface area (Å²) in [6.07, 6.45) is 5.03. The zero-order valence-corrected chi connectivity index (χ0v) is 19.0. The van der Waals surface area contributed by atoms with Crippen molar-refractivity contribution in [1.82, 2.24) is 34.3 Å². The average molecular weight is 450 g/mol. The van der Waals surface area contributed by atoms with Crippen molar-refractivity contribution in [2.75, 3.05) is 0 Å². The maximum absolute atomic E-state index is 13.3. The molecule has 2 aromatic carbocycles. The molecule has 0 bridgehead atoms. The predicted molar refractivity (Wildman–Crippen MR) is 132 cm³/mol. The van der Waals surface area contributed by atoms with Gasteiger partial charge in [0.2, 0.25) is 0 Å². The number of aromatic amines is 1. The Balaban J connectivity index is 1.41. The first kappa shape index (κ1) is 20.3. The first-order valence-electron chi connectivity index (χ1n) is 11.4. The first-order chi connectivity index (χ1) is 16.6. The number of nitrogens with one attached hydrogen (secondary N) is 1. The summed E-state index contributed by atoms with van der Waals surface area (Å²) in [6, 6.07) is 16.3. The van der Waals surface area contributed by atoms with Gasteiger partial charge in [-0.1, -0.05) is 48.9 Å². The summed E-state index contributed by atoms with van der Waals surface area (Å²) in [6.45, 7) is 4.63. The van der Waals surface area contributed by atoms with E-state index in [2.05, 4.69) is 52.2 Å². The molecule has 0 atom stereocenters. The van der Waals surface area contributed by atoms with Crippen LogP contribution in [0.4, 0.5) is 0 Å². The molecule has 0 unspecified atom stereocenters. The van der Waals surface area contributed by atoms with E-state index in [9.17, 15) is 4.79 Å². The summed E-state index contributed by atoms with van der Waals surface area (Å²) < 4.78 is 3.25. The molecule has 6 rings (SSSR count). The van der Waals surface area contributed by atoms with E-state index in [1.165, 1.54) is 16.5 Å². The van der Waals surface area contributed by atoms with E-state index in [0.717, 1.165) is 28.8 Å². The molecule has 8 heteroatoms. The number of hydrogen-bond acceptors (Lipinski definition) is 5. The summed E-state index contributed by atoms with van der Waals surface area (Å²) in [5, 5.41) is 14.6. The molecule has 0 aliphatic rings. The van der Waals surface area contributed by atoms with E-state index in [1.54, 1.807) is 15.4 Å². The zero-order chi connectivity index (χ0) is 23.2. The minimum Gasteiger partial charge on any atom is -0.361 e. The molecule has 0 fully saturated rings. The standard InChI is InChI=1S/C26H23N7O/c1-3-20-22(17-7-5-4-6-8-17)24-30-29-23-25(33(24)31-20)28-15-32(26(23)34)12-11-18-14-27-21-10-9-16(2)13-19(18)21/h4-10,13-15,27H,3,11-12H2,1-2H3. The Hall–Kier alpha value is -4.33. The second-order valence-electron chi connectivity index (χ2n) is 8.50. The summed E-state index contributed by atoms with van der Waals surface area (Å²) in [7, 11) is 0. The van der Waals surface area contributed by atoms with Crippen LogP contribution >= 0.6 is 0 Å². The van der Waals surface area contributed by atoms with Crippen LogP contribution in [0.3, 0.4) is 0 Å². The molecular weight excluding hydrogens is 426 g/mol. The van der Waals surface area contributed by atoms with Crippen LogP contribution in [-0.4, -0.2) is 34.3 Å². The van der Waals surface area contributed by atoms with Crippen molar-refractivity contribution in [1.29, 1.82) is 0 Å². The lowest BCUT2D eigenvalue weighted by Gasteiger charge is -2.07. The molecule has 0 radical (unpaired) electrons. The van der Waals surface area contributed by atoms with Crippen LogP contribution < -0.4 is 5.56 Å². The molecule has 168 valence electrons. The molecule has 0 saturated heterocycles. The molecule has 1 N–H and O–H groups in total. The minimum absolute atomic E-state index is 0.217. The van der Waals surface area contributed by atoms with E-state index in [-0.39, 0.29) is 11.1 Å². The Morgan fingerprint density at radius 1 is 1.03 bits per heavy atom. The van der Waals surface area contributed by atoms with Crippen molar-refractivity contribution < 1.29 is 0 Å². The van der Waals surface area contributed by atoms with Gasteiger partial charge in [-0.25, -0.2) is 4.98 Å². The van der Waals surface area contributed by atoms with Gasteiger partial charge in [0.25, 0.3) is 5.56 Å². The minimum atomic E-state index is -0.217. The van der Waals surface area contributed by atoms with Crippen LogP contribution in [0.15, 0.2) is 65.8 Å². The smallest absolute Gasteiger partial charge is 0.283 e. The number of rotatable bonds is 5. The Morgan fingerprint density at radius 2 is 1.88 bits per heavy atom. The number of H-pyrrole nitrogens is 1. The van der Waals surface area contributed by atoms with Gasteiger partial charge in [0, 0.05) is 23.6 Å². The number of hydrogen-bond donors (Lipinski definition) is 1. The van der Waals surface area contributed by atoms with Crippen LogP contribution in [0.1, 0.15) is 23.7 Å². The van der Waals surface area contributed by atoms with Gasteiger partial charge in [-0.2, -0.15) is 9.61 Å². The van der Waals surface area contributed by atoms with Crippen LogP contribution in [0, 0.1) is 6.92 Å². The third-order valence-electron chi connectivity index (χ3n) is 6.32. The van der Waals surface area contributed by atoms with Crippen molar-refractivity contribution in [3.05, 3.63) is 88.2 Å². The van der Waals surface area contributed by atoms with Crippen molar-refractivity contribution in [3.63, 3.8) is 0 Å². The molecule has 6 aromatic rings. The molecule has 34 heavy (non-hydrogen) atoms. The summed E-state index contributed by atoms with van der Waals surface area (Å²) in [5.74, 6) is 0. The Bertz CT molecular complexity index is 1730. The van der Waals surface area contributed by atoms with E-state index in [0.29, 0.717) is 24.3 Å². The zero-order valence-electron chi connectivity index (χ0n) is 19.0. The normalized spacial score (nSPS) is 11.7. The number of benzene rings is 2. The highest BCUT2D eigenvalue weighted by Crippen LogP contribution is 2.28. The lowest BCUT2D eigenvalue weighted by Crippen LogP contribution is -2.23. The molecule has 0 aliphatic carbocycles. The van der Waals surface area contributed by atoms with Gasteiger partial charge in [-0.15, -0.1) is 10.2 Å². The van der Waals surface area contributed by atoms with Gasteiger partial charge in [0.1, 0.15) is 6.33 Å². The summed E-state index contributed by atoms with van der Waals surface area (Å²) in [5.41, 5.74) is 7.34. The first-order valence-corrected chi connectivity index (χ1v) is 11.4. The van der Waals surface area contributed by atoms with Crippen LogP contribution in [-0.2, 0) is 19.4 Å². The quantitative estimate of drug-likeness (QED) is 0.428. The highest BCUT2D eigenvalue weighted by Gasteiger charge is 2.19. The SMILES string of the molecule is CCc1nn2c(nnc3c(=O)n(CCc4c[nH]c5ccc(C)cc45)cnc32)c1-c1ccccc1. The van der Waals surface area contributed by atoms with Crippen molar-refractivity contribution >= 4 is 27.7 Å². The van der Waals surface area contributed by atoms with Crippen molar-refractivity contribution in [2.45, 2.75) is 33.2 Å². The highest BCUT2D eigenvalue weighted by atomic mass is 16.1. The van der Waals surface area contributed by atoms with Crippen molar-refractivity contribution in [2.24, 2.45) is 0 Å². The Kier molecular flexibility index (Phi) is 4.72. The Morgan fingerprint density at radius 3 is 2.71 bits per heavy atom. The molecular formula is C26H23N7O. The van der Waals surface area contributed by atoms with Gasteiger partial charge in [0.15, 0.2) is 16.8 Å².